The van der Waals surface area contributed by atoms with Crippen LogP contribution in [0.4, 0.5) is 4.39 Å². The van der Waals surface area contributed by atoms with Crippen LogP contribution >= 0.6 is 0 Å². The molecule has 0 saturated heterocycles. The third-order valence-electron chi connectivity index (χ3n) is 5.92. The zero-order chi connectivity index (χ0) is 24.1. The van der Waals surface area contributed by atoms with Crippen molar-refractivity contribution in [2.24, 2.45) is 0 Å². The minimum absolute atomic E-state index is 0.183. The maximum atomic E-state index is 13.5. The molecule has 1 aliphatic rings. The molecule has 0 fully saturated rings. The molecule has 3 heterocycles. The zero-order valence-electron chi connectivity index (χ0n) is 18.5. The second-order valence-electron chi connectivity index (χ2n) is 8.10. The van der Waals surface area contributed by atoms with E-state index in [1.165, 1.54) is 28.8 Å². The summed E-state index contributed by atoms with van der Waals surface area (Å²) in [4.78, 5) is 26.3. The Morgan fingerprint density at radius 1 is 1.03 bits per heavy atom. The number of carbonyl (C=O) groups excluding carboxylic acids is 1. The molecule has 35 heavy (non-hydrogen) atoms. The first-order valence-corrected chi connectivity index (χ1v) is 10.8. The summed E-state index contributed by atoms with van der Waals surface area (Å²) in [6, 6.07) is 15.9. The van der Waals surface area contributed by atoms with E-state index in [0.717, 1.165) is 5.56 Å². The predicted octanol–water partition coefficient (Wildman–Crippen LogP) is 3.14. The molecule has 0 atom stereocenters. The molecule has 6 rings (SSSR count). The standard InChI is InChI=1S/C25H18FN5O4/c1-14-28-29-25-30(14)20-11-16(23(32)27-12-15-2-9-21-22(10-15)35-13-34-21)3-8-19(20)24(33)31(25)18-6-4-17(26)5-7-18/h2-11H,12-13H2,1H3,(H,27,32). The Kier molecular flexibility index (Phi) is 4.73. The number of halogens is 1. The molecule has 2 aromatic heterocycles. The number of nitrogens with one attached hydrogen (secondary N) is 1. The number of nitrogens with zero attached hydrogens (tertiary/aromatic N) is 4. The fraction of sp³-hybridized carbons (Fsp3) is 0.120. The van der Waals surface area contributed by atoms with Gasteiger partial charge in [0.1, 0.15) is 11.6 Å². The lowest BCUT2D eigenvalue weighted by molar-refractivity contribution is 0.0951. The van der Waals surface area contributed by atoms with Crippen molar-refractivity contribution >= 4 is 22.6 Å². The van der Waals surface area contributed by atoms with Gasteiger partial charge in [-0.3, -0.25) is 14.0 Å². The first-order chi connectivity index (χ1) is 17.0. The largest absolute Gasteiger partial charge is 0.454 e. The van der Waals surface area contributed by atoms with E-state index >= 15 is 0 Å². The van der Waals surface area contributed by atoms with Crippen LogP contribution in [0.3, 0.4) is 0 Å². The first-order valence-electron chi connectivity index (χ1n) is 10.8. The predicted molar refractivity (Wildman–Crippen MR) is 125 cm³/mol. The van der Waals surface area contributed by atoms with Crippen LogP contribution in [-0.2, 0) is 6.54 Å². The van der Waals surface area contributed by atoms with Crippen molar-refractivity contribution in [2.75, 3.05) is 6.79 Å². The molecular formula is C25H18FN5O4. The second-order valence-corrected chi connectivity index (χ2v) is 8.10. The summed E-state index contributed by atoms with van der Waals surface area (Å²) in [6.45, 7) is 2.23. The van der Waals surface area contributed by atoms with E-state index in [-0.39, 0.29) is 24.0 Å². The highest BCUT2D eigenvalue weighted by atomic mass is 19.1. The summed E-state index contributed by atoms with van der Waals surface area (Å²) in [5, 5.41) is 11.6. The fourth-order valence-electron chi connectivity index (χ4n) is 4.19. The summed E-state index contributed by atoms with van der Waals surface area (Å²) < 4.78 is 27.2. The van der Waals surface area contributed by atoms with E-state index in [2.05, 4.69) is 15.5 Å². The van der Waals surface area contributed by atoms with Crippen LogP contribution in [0.1, 0.15) is 21.7 Å². The third-order valence-corrected chi connectivity index (χ3v) is 5.92. The van der Waals surface area contributed by atoms with Gasteiger partial charge in [0, 0.05) is 12.1 Å². The minimum atomic E-state index is -0.410. The Morgan fingerprint density at radius 2 is 1.83 bits per heavy atom. The van der Waals surface area contributed by atoms with Crippen molar-refractivity contribution in [1.29, 1.82) is 0 Å². The third kappa shape index (κ3) is 3.46. The molecule has 10 heteroatoms. The van der Waals surface area contributed by atoms with Gasteiger partial charge in [0.2, 0.25) is 12.6 Å². The van der Waals surface area contributed by atoms with Crippen molar-refractivity contribution in [3.8, 4) is 17.2 Å². The van der Waals surface area contributed by atoms with Gasteiger partial charge in [-0.15, -0.1) is 10.2 Å². The van der Waals surface area contributed by atoms with E-state index in [0.29, 0.717) is 46.0 Å². The number of aryl methyl sites for hydroxylation is 1. The molecule has 1 N–H and O–H groups in total. The van der Waals surface area contributed by atoms with Gasteiger partial charge in [-0.1, -0.05) is 6.07 Å². The van der Waals surface area contributed by atoms with Crippen molar-refractivity contribution in [3.63, 3.8) is 0 Å². The van der Waals surface area contributed by atoms with Crippen molar-refractivity contribution in [1.82, 2.24) is 24.5 Å². The molecule has 3 aromatic carbocycles. The Morgan fingerprint density at radius 3 is 2.66 bits per heavy atom. The number of aromatic nitrogens is 4. The Hall–Kier alpha value is -4.73. The van der Waals surface area contributed by atoms with Crippen LogP contribution < -0.4 is 20.3 Å². The molecule has 0 spiro atoms. The summed E-state index contributed by atoms with van der Waals surface area (Å²) >= 11 is 0. The van der Waals surface area contributed by atoms with E-state index in [1.807, 2.05) is 12.1 Å². The highest BCUT2D eigenvalue weighted by molar-refractivity contribution is 5.98. The van der Waals surface area contributed by atoms with Gasteiger partial charge < -0.3 is 14.8 Å². The molecular weight excluding hydrogens is 453 g/mol. The lowest BCUT2D eigenvalue weighted by atomic mass is 10.1. The zero-order valence-corrected chi connectivity index (χ0v) is 18.5. The highest BCUT2D eigenvalue weighted by Gasteiger charge is 2.18. The van der Waals surface area contributed by atoms with Gasteiger partial charge in [0.15, 0.2) is 11.5 Å². The molecule has 1 aliphatic heterocycles. The van der Waals surface area contributed by atoms with Crippen molar-refractivity contribution in [2.45, 2.75) is 13.5 Å². The van der Waals surface area contributed by atoms with Gasteiger partial charge in [-0.05, 0) is 67.1 Å². The maximum absolute atomic E-state index is 13.5. The molecule has 9 nitrogen and oxygen atoms in total. The molecule has 0 saturated carbocycles. The average molecular weight is 471 g/mol. The number of hydrogen-bond donors (Lipinski definition) is 1. The van der Waals surface area contributed by atoms with Crippen molar-refractivity contribution < 1.29 is 18.7 Å². The molecule has 0 bridgehead atoms. The summed E-state index contributed by atoms with van der Waals surface area (Å²) in [7, 11) is 0. The Labute approximate surface area is 197 Å². The first kappa shape index (κ1) is 20.8. The monoisotopic (exact) mass is 471 g/mol. The van der Waals surface area contributed by atoms with Crippen LogP contribution in [0.15, 0.2) is 65.5 Å². The molecule has 0 radical (unpaired) electrons. The number of rotatable bonds is 4. The summed E-state index contributed by atoms with van der Waals surface area (Å²) in [5.74, 6) is 1.42. The lowest BCUT2D eigenvalue weighted by Crippen LogP contribution is -2.24. The lowest BCUT2D eigenvalue weighted by Gasteiger charge is -2.12. The van der Waals surface area contributed by atoms with Gasteiger partial charge in [0.05, 0.1) is 16.6 Å². The number of carbonyl (C=O) groups is 1. The minimum Gasteiger partial charge on any atom is -0.454 e. The van der Waals surface area contributed by atoms with Crippen LogP contribution in [0, 0.1) is 12.7 Å². The van der Waals surface area contributed by atoms with Crippen LogP contribution in [0.2, 0.25) is 0 Å². The van der Waals surface area contributed by atoms with E-state index in [1.54, 1.807) is 35.6 Å². The topological polar surface area (TPSA) is 99.8 Å². The second kappa shape index (κ2) is 7.94. The number of fused-ring (bicyclic) bond motifs is 4. The fourth-order valence-corrected chi connectivity index (χ4v) is 4.19. The van der Waals surface area contributed by atoms with E-state index in [9.17, 15) is 14.0 Å². The van der Waals surface area contributed by atoms with Crippen molar-refractivity contribution in [3.05, 3.63) is 93.8 Å². The molecule has 174 valence electrons. The Bertz CT molecular complexity index is 1690. The number of benzene rings is 3. The van der Waals surface area contributed by atoms with E-state index < -0.39 is 5.82 Å². The normalized spacial score (nSPS) is 12.4. The van der Waals surface area contributed by atoms with Gasteiger partial charge in [-0.2, -0.15) is 0 Å². The van der Waals surface area contributed by atoms with Crippen LogP contribution in [0.25, 0.3) is 22.4 Å². The summed E-state index contributed by atoms with van der Waals surface area (Å²) in [6.07, 6.45) is 0. The highest BCUT2D eigenvalue weighted by Crippen LogP contribution is 2.32. The molecule has 5 aromatic rings. The number of amides is 1. The molecule has 0 unspecified atom stereocenters. The maximum Gasteiger partial charge on any atom is 0.267 e. The molecule has 1 amide bonds. The number of hydrogen-bond acceptors (Lipinski definition) is 6. The quantitative estimate of drug-likeness (QED) is 0.432. The average Bonchev–Trinajstić information content (AvgIpc) is 3.49. The smallest absolute Gasteiger partial charge is 0.267 e. The summed E-state index contributed by atoms with van der Waals surface area (Å²) in [5.41, 5.74) is 1.86. The number of ether oxygens (including phenoxy) is 2. The molecule has 0 aliphatic carbocycles. The van der Waals surface area contributed by atoms with Crippen LogP contribution in [0.5, 0.6) is 11.5 Å². The van der Waals surface area contributed by atoms with Crippen LogP contribution in [-0.4, -0.2) is 31.9 Å². The van der Waals surface area contributed by atoms with Gasteiger partial charge >= 0.3 is 0 Å². The Balaban J connectivity index is 1.38. The SMILES string of the molecule is Cc1nnc2n(-c3ccc(F)cc3)c(=O)c3ccc(C(=O)NCc4ccc5c(c4)OCO5)cc3n12. The van der Waals surface area contributed by atoms with E-state index in [4.69, 9.17) is 9.47 Å². The van der Waals surface area contributed by atoms with Gasteiger partial charge in [0.25, 0.3) is 11.5 Å². The van der Waals surface area contributed by atoms with Gasteiger partial charge in [-0.25, -0.2) is 8.96 Å².